The van der Waals surface area contributed by atoms with E-state index in [2.05, 4.69) is 15.0 Å². The maximum Gasteiger partial charge on any atom is 0.573 e. The molecule has 0 fully saturated rings. The van der Waals surface area contributed by atoms with E-state index in [4.69, 9.17) is 11.6 Å². The summed E-state index contributed by atoms with van der Waals surface area (Å²) in [6.45, 7) is 1.39. The molecule has 1 N–H and O–H groups in total. The highest BCUT2D eigenvalue weighted by Gasteiger charge is 2.31. The second kappa shape index (κ2) is 9.22. The van der Waals surface area contributed by atoms with E-state index in [9.17, 15) is 22.8 Å². The molecule has 162 valence electrons. The molecule has 6 nitrogen and oxygen atoms in total. The van der Waals surface area contributed by atoms with E-state index in [1.807, 2.05) is 0 Å². The molecule has 10 heteroatoms. The van der Waals surface area contributed by atoms with Crippen molar-refractivity contribution >= 4 is 17.5 Å². The molecule has 0 saturated carbocycles. The lowest BCUT2D eigenvalue weighted by Crippen LogP contribution is -2.34. The monoisotopic (exact) mass is 451 g/mol. The van der Waals surface area contributed by atoms with Gasteiger partial charge in [0.05, 0.1) is 17.9 Å². The maximum atomic E-state index is 12.7. The minimum Gasteiger partial charge on any atom is -0.406 e. The lowest BCUT2D eigenvalue weighted by Gasteiger charge is -2.16. The van der Waals surface area contributed by atoms with Gasteiger partial charge in [-0.05, 0) is 42.3 Å². The van der Waals surface area contributed by atoms with Gasteiger partial charge in [0.15, 0.2) is 0 Å². The third kappa shape index (κ3) is 6.08. The van der Waals surface area contributed by atoms with E-state index >= 15 is 0 Å². The van der Waals surface area contributed by atoms with Crippen molar-refractivity contribution in [2.45, 2.75) is 25.9 Å². The van der Waals surface area contributed by atoms with Gasteiger partial charge in [-0.15, -0.1) is 13.2 Å². The van der Waals surface area contributed by atoms with Crippen molar-refractivity contribution in [1.29, 1.82) is 0 Å². The van der Waals surface area contributed by atoms with Crippen molar-refractivity contribution in [3.63, 3.8) is 0 Å². The zero-order valence-corrected chi connectivity index (χ0v) is 16.9. The number of aromatic nitrogens is 2. The molecule has 0 radical (unpaired) electrons. The molecule has 3 aromatic rings. The minimum atomic E-state index is -4.78. The molecule has 2 aromatic carbocycles. The molecule has 1 atom stereocenters. The summed E-state index contributed by atoms with van der Waals surface area (Å²) in [5.74, 6) is -0.819. The van der Waals surface area contributed by atoms with Crippen LogP contribution in [0.1, 0.15) is 18.5 Å². The summed E-state index contributed by atoms with van der Waals surface area (Å²) in [5.41, 5.74) is 1.04. The van der Waals surface area contributed by atoms with Gasteiger partial charge in [-0.25, -0.2) is 4.98 Å². The number of carbonyl (C=O) groups is 1. The molecule has 0 aliphatic carbocycles. The molecular weight excluding hydrogens is 435 g/mol. The van der Waals surface area contributed by atoms with Gasteiger partial charge in [0, 0.05) is 11.2 Å². The van der Waals surface area contributed by atoms with E-state index in [1.54, 1.807) is 31.2 Å². The average molecular weight is 452 g/mol. The van der Waals surface area contributed by atoms with Crippen LogP contribution in [0.5, 0.6) is 5.75 Å². The molecule has 0 unspecified atom stereocenters. The number of hydrogen-bond acceptors (Lipinski definition) is 4. The third-order valence-electron chi connectivity index (χ3n) is 4.34. The number of halogens is 4. The Labute approximate surface area is 180 Å². The van der Waals surface area contributed by atoms with Gasteiger partial charge in [0.2, 0.25) is 5.91 Å². The SMILES string of the molecule is C[C@H](NC(=O)Cn1cncc(-c2cccc(Cl)c2)c1=O)c1ccc(OC(F)(F)F)cc1. The van der Waals surface area contributed by atoms with Crippen molar-refractivity contribution in [3.8, 4) is 16.9 Å². The number of nitrogens with zero attached hydrogens (tertiary/aromatic N) is 2. The third-order valence-corrected chi connectivity index (χ3v) is 4.58. The fourth-order valence-corrected chi connectivity index (χ4v) is 3.09. The molecule has 1 heterocycles. The van der Waals surface area contributed by atoms with Crippen molar-refractivity contribution < 1.29 is 22.7 Å². The van der Waals surface area contributed by atoms with E-state index in [-0.39, 0.29) is 12.3 Å². The first-order valence-electron chi connectivity index (χ1n) is 9.08. The van der Waals surface area contributed by atoms with Crippen molar-refractivity contribution in [2.75, 3.05) is 0 Å². The Kier molecular flexibility index (Phi) is 6.65. The Morgan fingerprint density at radius 3 is 2.58 bits per heavy atom. The van der Waals surface area contributed by atoms with Crippen LogP contribution in [-0.2, 0) is 11.3 Å². The summed E-state index contributed by atoms with van der Waals surface area (Å²) in [5, 5.41) is 3.16. The summed E-state index contributed by atoms with van der Waals surface area (Å²) in [6, 6.07) is 11.4. The predicted molar refractivity (Wildman–Crippen MR) is 109 cm³/mol. The molecule has 0 aliphatic rings. The predicted octanol–water partition coefficient (Wildman–Crippen LogP) is 4.34. The zero-order chi connectivity index (χ0) is 22.6. The minimum absolute atomic E-state index is 0.278. The van der Waals surface area contributed by atoms with Gasteiger partial charge in [-0.2, -0.15) is 0 Å². The van der Waals surface area contributed by atoms with Gasteiger partial charge >= 0.3 is 6.36 Å². The molecule has 31 heavy (non-hydrogen) atoms. The molecule has 0 saturated heterocycles. The van der Waals surface area contributed by atoms with E-state index < -0.39 is 23.9 Å². The Balaban J connectivity index is 1.68. The summed E-state index contributed by atoms with van der Waals surface area (Å²) in [6.07, 6.45) is -2.12. The van der Waals surface area contributed by atoms with Crippen LogP contribution >= 0.6 is 11.6 Å². The van der Waals surface area contributed by atoms with Gasteiger partial charge in [0.1, 0.15) is 12.3 Å². The highest BCUT2D eigenvalue weighted by Crippen LogP contribution is 2.24. The van der Waals surface area contributed by atoms with Crippen LogP contribution in [0.2, 0.25) is 5.02 Å². The van der Waals surface area contributed by atoms with Crippen LogP contribution in [0.15, 0.2) is 65.8 Å². The molecule has 1 aromatic heterocycles. The first kappa shape index (κ1) is 22.4. The van der Waals surface area contributed by atoms with Crippen LogP contribution in [-0.4, -0.2) is 21.8 Å². The van der Waals surface area contributed by atoms with Gasteiger partial charge in [-0.3, -0.25) is 14.2 Å². The Morgan fingerprint density at radius 2 is 1.94 bits per heavy atom. The van der Waals surface area contributed by atoms with E-state index in [0.29, 0.717) is 21.7 Å². The number of carbonyl (C=O) groups excluding carboxylic acids is 1. The number of benzene rings is 2. The number of amides is 1. The normalized spacial score (nSPS) is 12.3. The molecular formula is C21H17ClF3N3O3. The van der Waals surface area contributed by atoms with Crippen molar-refractivity contribution in [2.24, 2.45) is 0 Å². The second-order valence-electron chi connectivity index (χ2n) is 6.66. The van der Waals surface area contributed by atoms with Crippen LogP contribution in [0.25, 0.3) is 11.1 Å². The number of hydrogen-bond donors (Lipinski definition) is 1. The van der Waals surface area contributed by atoms with Crippen LogP contribution < -0.4 is 15.6 Å². The average Bonchev–Trinajstić information content (AvgIpc) is 2.69. The number of alkyl halides is 3. The lowest BCUT2D eigenvalue weighted by molar-refractivity contribution is -0.274. The summed E-state index contributed by atoms with van der Waals surface area (Å²) < 4.78 is 41.7. The van der Waals surface area contributed by atoms with Gasteiger partial charge in [-0.1, -0.05) is 35.9 Å². The van der Waals surface area contributed by atoms with Crippen LogP contribution in [0, 0.1) is 0 Å². The Hall–Kier alpha value is -3.33. The topological polar surface area (TPSA) is 73.2 Å². The molecule has 0 aliphatic heterocycles. The fraction of sp³-hybridized carbons (Fsp3) is 0.190. The highest BCUT2D eigenvalue weighted by atomic mass is 35.5. The van der Waals surface area contributed by atoms with Gasteiger partial charge in [0.25, 0.3) is 5.56 Å². The number of rotatable bonds is 6. The Morgan fingerprint density at radius 1 is 1.23 bits per heavy atom. The molecule has 0 spiro atoms. The largest absolute Gasteiger partial charge is 0.573 e. The smallest absolute Gasteiger partial charge is 0.406 e. The standard InChI is InChI=1S/C21H17ClF3N3O3/c1-13(14-5-7-17(8-6-14)31-21(23,24)25)27-19(29)11-28-12-26-10-18(20(28)30)15-3-2-4-16(22)9-15/h2-10,12-13H,11H2,1H3,(H,27,29)/t13-/m0/s1. The molecule has 3 rings (SSSR count). The first-order valence-corrected chi connectivity index (χ1v) is 9.45. The van der Waals surface area contributed by atoms with Crippen LogP contribution in [0.4, 0.5) is 13.2 Å². The molecule has 0 bridgehead atoms. The second-order valence-corrected chi connectivity index (χ2v) is 7.09. The first-order chi connectivity index (χ1) is 14.6. The zero-order valence-electron chi connectivity index (χ0n) is 16.2. The maximum absolute atomic E-state index is 12.7. The van der Waals surface area contributed by atoms with E-state index in [1.165, 1.54) is 29.2 Å². The quantitative estimate of drug-likeness (QED) is 0.605. The van der Waals surface area contributed by atoms with E-state index in [0.717, 1.165) is 12.1 Å². The summed E-state index contributed by atoms with van der Waals surface area (Å²) in [7, 11) is 0. The lowest BCUT2D eigenvalue weighted by atomic mass is 10.1. The van der Waals surface area contributed by atoms with Crippen molar-refractivity contribution in [3.05, 3.63) is 82.0 Å². The number of ether oxygens (including phenoxy) is 1. The Bertz CT molecular complexity index is 1130. The number of nitrogens with one attached hydrogen (secondary N) is 1. The van der Waals surface area contributed by atoms with Crippen LogP contribution in [0.3, 0.4) is 0 Å². The van der Waals surface area contributed by atoms with Gasteiger partial charge < -0.3 is 10.1 Å². The molecule has 1 amide bonds. The summed E-state index contributed by atoms with van der Waals surface area (Å²) >= 11 is 5.97. The summed E-state index contributed by atoms with van der Waals surface area (Å²) in [4.78, 5) is 29.1. The fourth-order valence-electron chi connectivity index (χ4n) is 2.90. The van der Waals surface area contributed by atoms with Crippen molar-refractivity contribution in [1.82, 2.24) is 14.9 Å². The highest BCUT2D eigenvalue weighted by molar-refractivity contribution is 6.30.